The van der Waals surface area contributed by atoms with Crippen LogP contribution in [0.5, 0.6) is 0 Å². The van der Waals surface area contributed by atoms with Gasteiger partial charge in [0.2, 0.25) is 0 Å². The quantitative estimate of drug-likeness (QED) is 0.668. The second-order valence-electron chi connectivity index (χ2n) is 4.45. The lowest BCUT2D eigenvalue weighted by Gasteiger charge is -2.14. The topological polar surface area (TPSA) is 78.4 Å². The highest BCUT2D eigenvalue weighted by Crippen LogP contribution is 2.32. The molecule has 3 N–H and O–H groups in total. The standard InChI is InChI=1S/C13H15Cl3N2O3/c1-2-7(3-12(19)20)6-17-13(21)18-11-5-9(15)8(14)4-10(11)16/h4-5,7H,2-3,6H2,1H3,(H,19,20)(H2,17,18,21). The van der Waals surface area contributed by atoms with Crippen LogP contribution in [-0.4, -0.2) is 23.7 Å². The molecule has 1 aromatic rings. The third-order valence-electron chi connectivity index (χ3n) is 2.85. The van der Waals surface area contributed by atoms with E-state index in [0.29, 0.717) is 17.1 Å². The number of carboxylic acids is 1. The molecular formula is C13H15Cl3N2O3. The maximum absolute atomic E-state index is 11.8. The molecule has 1 unspecified atom stereocenters. The van der Waals surface area contributed by atoms with Gasteiger partial charge in [-0.1, -0.05) is 48.1 Å². The highest BCUT2D eigenvalue weighted by molar-refractivity contribution is 6.44. The van der Waals surface area contributed by atoms with Gasteiger partial charge in [-0.15, -0.1) is 0 Å². The molecule has 0 spiro atoms. The number of hydrogen-bond donors (Lipinski definition) is 3. The molecule has 8 heteroatoms. The summed E-state index contributed by atoms with van der Waals surface area (Å²) >= 11 is 17.6. The van der Waals surface area contributed by atoms with Crippen molar-refractivity contribution in [1.82, 2.24) is 5.32 Å². The summed E-state index contributed by atoms with van der Waals surface area (Å²) in [5.41, 5.74) is 0.329. The molecule has 1 atom stereocenters. The third-order valence-corrected chi connectivity index (χ3v) is 3.88. The Morgan fingerprint density at radius 2 is 1.81 bits per heavy atom. The SMILES string of the molecule is CCC(CNC(=O)Nc1cc(Cl)c(Cl)cc1Cl)CC(=O)O. The Bertz CT molecular complexity index is 538. The first-order valence-corrected chi connectivity index (χ1v) is 7.38. The lowest BCUT2D eigenvalue weighted by Crippen LogP contribution is -2.33. The zero-order valence-corrected chi connectivity index (χ0v) is 13.5. The summed E-state index contributed by atoms with van der Waals surface area (Å²) < 4.78 is 0. The van der Waals surface area contributed by atoms with Gasteiger partial charge in [0.05, 0.1) is 20.8 Å². The summed E-state index contributed by atoms with van der Waals surface area (Å²) in [5.74, 6) is -1.02. The molecule has 0 saturated carbocycles. The smallest absolute Gasteiger partial charge is 0.319 e. The minimum atomic E-state index is -0.892. The van der Waals surface area contributed by atoms with E-state index in [9.17, 15) is 9.59 Å². The minimum Gasteiger partial charge on any atom is -0.481 e. The first kappa shape index (κ1) is 17.9. The highest BCUT2D eigenvalue weighted by atomic mass is 35.5. The molecule has 5 nitrogen and oxygen atoms in total. The van der Waals surface area contributed by atoms with Gasteiger partial charge in [-0.2, -0.15) is 0 Å². The van der Waals surface area contributed by atoms with Crippen molar-refractivity contribution >= 4 is 52.5 Å². The third kappa shape index (κ3) is 5.99. The second-order valence-corrected chi connectivity index (χ2v) is 5.67. The lowest BCUT2D eigenvalue weighted by atomic mass is 10.0. The molecule has 0 bridgehead atoms. The zero-order chi connectivity index (χ0) is 16.0. The number of nitrogens with one attached hydrogen (secondary N) is 2. The van der Waals surface area contributed by atoms with Crippen molar-refractivity contribution in [3.8, 4) is 0 Å². The Hall–Kier alpha value is -1.17. The molecule has 0 saturated heterocycles. The van der Waals surface area contributed by atoms with Crippen LogP contribution in [0.3, 0.4) is 0 Å². The van der Waals surface area contributed by atoms with Crippen LogP contribution in [-0.2, 0) is 4.79 Å². The zero-order valence-electron chi connectivity index (χ0n) is 11.3. The Kier molecular flexibility index (Phi) is 7.08. The minimum absolute atomic E-state index is 0.00428. The lowest BCUT2D eigenvalue weighted by molar-refractivity contribution is -0.138. The van der Waals surface area contributed by atoms with Crippen molar-refractivity contribution < 1.29 is 14.7 Å². The van der Waals surface area contributed by atoms with Crippen molar-refractivity contribution in [2.24, 2.45) is 5.92 Å². The normalized spacial score (nSPS) is 11.8. The van der Waals surface area contributed by atoms with Gasteiger partial charge in [-0.05, 0) is 18.1 Å². The van der Waals surface area contributed by atoms with Gasteiger partial charge in [-0.3, -0.25) is 4.79 Å². The van der Waals surface area contributed by atoms with Crippen LogP contribution in [0.25, 0.3) is 0 Å². The van der Waals surface area contributed by atoms with Gasteiger partial charge in [0, 0.05) is 13.0 Å². The van der Waals surface area contributed by atoms with Crippen molar-refractivity contribution in [2.45, 2.75) is 19.8 Å². The van der Waals surface area contributed by atoms with Crippen LogP contribution < -0.4 is 10.6 Å². The number of hydrogen-bond acceptors (Lipinski definition) is 2. The summed E-state index contributed by atoms with van der Waals surface area (Å²) in [4.78, 5) is 22.4. The molecule has 0 fully saturated rings. The second kappa shape index (κ2) is 8.32. The molecule has 0 heterocycles. The van der Waals surface area contributed by atoms with E-state index < -0.39 is 12.0 Å². The van der Waals surface area contributed by atoms with E-state index in [1.165, 1.54) is 12.1 Å². The molecule has 116 valence electrons. The number of rotatable bonds is 6. The number of aliphatic carboxylic acids is 1. The molecule has 0 aliphatic rings. The van der Waals surface area contributed by atoms with E-state index in [0.717, 1.165) is 0 Å². The maximum Gasteiger partial charge on any atom is 0.319 e. The van der Waals surface area contributed by atoms with E-state index in [2.05, 4.69) is 10.6 Å². The molecule has 0 aliphatic carbocycles. The van der Waals surface area contributed by atoms with Crippen molar-refractivity contribution in [1.29, 1.82) is 0 Å². The average molecular weight is 354 g/mol. The van der Waals surface area contributed by atoms with Crippen molar-refractivity contribution in [2.75, 3.05) is 11.9 Å². The van der Waals surface area contributed by atoms with Gasteiger partial charge in [0.15, 0.2) is 0 Å². The number of amides is 2. The molecule has 21 heavy (non-hydrogen) atoms. The fraction of sp³-hybridized carbons (Fsp3) is 0.385. The van der Waals surface area contributed by atoms with Crippen LogP contribution in [0.1, 0.15) is 19.8 Å². The van der Waals surface area contributed by atoms with Crippen LogP contribution in [0.4, 0.5) is 10.5 Å². The van der Waals surface area contributed by atoms with Crippen LogP contribution >= 0.6 is 34.8 Å². The fourth-order valence-corrected chi connectivity index (χ4v) is 2.22. The monoisotopic (exact) mass is 352 g/mol. The van der Waals surface area contributed by atoms with Gasteiger partial charge < -0.3 is 15.7 Å². The predicted octanol–water partition coefficient (Wildman–Crippen LogP) is 4.27. The first-order valence-electron chi connectivity index (χ1n) is 6.24. The molecule has 0 radical (unpaired) electrons. The molecule has 0 aromatic heterocycles. The van der Waals surface area contributed by atoms with Gasteiger partial charge in [0.1, 0.15) is 0 Å². The van der Waals surface area contributed by atoms with Crippen LogP contribution in [0.15, 0.2) is 12.1 Å². The molecular weight excluding hydrogens is 339 g/mol. The summed E-state index contributed by atoms with van der Waals surface area (Å²) in [7, 11) is 0. The van der Waals surface area contributed by atoms with Gasteiger partial charge in [0.25, 0.3) is 0 Å². The van der Waals surface area contributed by atoms with E-state index in [1.807, 2.05) is 6.92 Å². The summed E-state index contributed by atoms with van der Waals surface area (Å²) in [6, 6.07) is 2.39. The average Bonchev–Trinajstić information content (AvgIpc) is 2.40. The van der Waals surface area contributed by atoms with E-state index >= 15 is 0 Å². The van der Waals surface area contributed by atoms with Gasteiger partial charge >= 0.3 is 12.0 Å². The number of carbonyl (C=O) groups excluding carboxylic acids is 1. The number of carbonyl (C=O) groups is 2. The van der Waals surface area contributed by atoms with Gasteiger partial charge in [-0.25, -0.2) is 4.79 Å². The molecule has 2 amide bonds. The van der Waals surface area contributed by atoms with Crippen LogP contribution in [0.2, 0.25) is 15.1 Å². The van der Waals surface area contributed by atoms with E-state index in [4.69, 9.17) is 39.9 Å². The highest BCUT2D eigenvalue weighted by Gasteiger charge is 2.13. The molecule has 0 aliphatic heterocycles. The summed E-state index contributed by atoms with van der Waals surface area (Å²) in [5, 5.41) is 14.7. The van der Waals surface area contributed by atoms with Crippen molar-refractivity contribution in [3.05, 3.63) is 27.2 Å². The Balaban J connectivity index is 2.58. The van der Waals surface area contributed by atoms with Crippen LogP contribution in [0, 0.1) is 5.92 Å². The molecule has 1 rings (SSSR count). The van der Waals surface area contributed by atoms with E-state index in [-0.39, 0.29) is 28.9 Å². The largest absolute Gasteiger partial charge is 0.481 e. The number of anilines is 1. The number of halogens is 3. The first-order chi connectivity index (χ1) is 9.83. The summed E-state index contributed by atoms with van der Waals surface area (Å²) in [6.45, 7) is 2.12. The Morgan fingerprint density at radius 1 is 1.19 bits per heavy atom. The number of carboxylic acid groups (broad SMARTS) is 1. The number of benzene rings is 1. The number of urea groups is 1. The van der Waals surface area contributed by atoms with E-state index in [1.54, 1.807) is 0 Å². The van der Waals surface area contributed by atoms with Crippen molar-refractivity contribution in [3.63, 3.8) is 0 Å². The maximum atomic E-state index is 11.8. The Morgan fingerprint density at radius 3 is 2.38 bits per heavy atom. The Labute approximate surface area is 137 Å². The fourth-order valence-electron chi connectivity index (χ4n) is 1.63. The molecule has 1 aromatic carbocycles. The summed E-state index contributed by atoms with van der Waals surface area (Å²) in [6.07, 6.45) is 0.657. The predicted molar refractivity (Wildman–Crippen MR) is 84.5 cm³/mol.